The molecule has 0 saturated carbocycles. The maximum Gasteiger partial charge on any atom is 0.0713 e. The average Bonchev–Trinajstić information content (AvgIpc) is 2.36. The van der Waals surface area contributed by atoms with Crippen molar-refractivity contribution in [3.8, 4) is 0 Å². The molecule has 0 aliphatic carbocycles. The van der Waals surface area contributed by atoms with Gasteiger partial charge in [-0.2, -0.15) is 0 Å². The van der Waals surface area contributed by atoms with Gasteiger partial charge in [-0.1, -0.05) is 24.3 Å². The van der Waals surface area contributed by atoms with Crippen molar-refractivity contribution in [2.75, 3.05) is 7.11 Å². The summed E-state index contributed by atoms with van der Waals surface area (Å²) >= 11 is 0. The van der Waals surface area contributed by atoms with E-state index in [1.807, 2.05) is 0 Å². The Morgan fingerprint density at radius 1 is 1.21 bits per heavy atom. The van der Waals surface area contributed by atoms with E-state index in [0.717, 1.165) is 19.4 Å². The molecule has 0 radical (unpaired) electrons. The summed E-state index contributed by atoms with van der Waals surface area (Å²) in [6, 6.07) is 9.14. The van der Waals surface area contributed by atoms with Gasteiger partial charge in [-0.05, 0) is 37.8 Å². The van der Waals surface area contributed by atoms with Crippen molar-refractivity contribution in [2.24, 2.45) is 0 Å². The van der Waals surface area contributed by atoms with Crippen LogP contribution in [0.3, 0.4) is 0 Å². The Bertz CT molecular complexity index is 384. The van der Waals surface area contributed by atoms with Crippen LogP contribution in [-0.4, -0.2) is 25.4 Å². The summed E-state index contributed by atoms with van der Waals surface area (Å²) < 4.78 is 10.9. The highest BCUT2D eigenvalue weighted by Crippen LogP contribution is 2.19. The van der Waals surface area contributed by atoms with Crippen LogP contribution in [0.5, 0.6) is 0 Å². The second kappa shape index (κ2) is 7.04. The molecular weight excluding hydrogens is 238 g/mol. The number of ether oxygens (including phenoxy) is 2. The van der Waals surface area contributed by atoms with E-state index in [4.69, 9.17) is 9.47 Å². The van der Waals surface area contributed by atoms with Crippen molar-refractivity contribution >= 4 is 0 Å². The molecule has 0 aromatic heterocycles. The van der Waals surface area contributed by atoms with E-state index in [2.05, 4.69) is 43.4 Å². The lowest BCUT2D eigenvalue weighted by Crippen LogP contribution is -2.40. The molecule has 1 aliphatic rings. The fourth-order valence-electron chi connectivity index (χ4n) is 2.83. The van der Waals surface area contributed by atoms with E-state index in [1.54, 1.807) is 7.11 Å². The minimum absolute atomic E-state index is 0.362. The molecule has 2 unspecified atom stereocenters. The van der Waals surface area contributed by atoms with Crippen LogP contribution < -0.4 is 5.32 Å². The second-order valence-corrected chi connectivity index (χ2v) is 5.56. The monoisotopic (exact) mass is 263 g/mol. The van der Waals surface area contributed by atoms with Gasteiger partial charge < -0.3 is 14.8 Å². The maximum absolute atomic E-state index is 5.76. The van der Waals surface area contributed by atoms with Crippen LogP contribution in [0.2, 0.25) is 0 Å². The Labute approximate surface area is 116 Å². The molecule has 2 atom stereocenters. The molecule has 1 aromatic rings. The zero-order chi connectivity index (χ0) is 13.7. The lowest BCUT2D eigenvalue weighted by molar-refractivity contribution is -0.0422. The van der Waals surface area contributed by atoms with Gasteiger partial charge in [0, 0.05) is 19.7 Å². The summed E-state index contributed by atoms with van der Waals surface area (Å²) in [6.07, 6.45) is 2.92. The Morgan fingerprint density at radius 2 is 1.89 bits per heavy atom. The molecule has 1 N–H and O–H groups in total. The summed E-state index contributed by atoms with van der Waals surface area (Å²) in [5.74, 6) is 0. The van der Waals surface area contributed by atoms with Gasteiger partial charge in [0.15, 0.2) is 0 Å². The van der Waals surface area contributed by atoms with Crippen molar-refractivity contribution in [1.29, 1.82) is 0 Å². The Hall–Kier alpha value is -0.900. The summed E-state index contributed by atoms with van der Waals surface area (Å²) in [7, 11) is 1.73. The third-order valence-corrected chi connectivity index (χ3v) is 3.59. The molecule has 19 heavy (non-hydrogen) atoms. The lowest BCUT2D eigenvalue weighted by atomic mass is 9.99. The number of methoxy groups -OCH3 is 1. The SMILES string of the molecule is COCc1cccc(CNC2CC(C)OC(C)C2)c1. The van der Waals surface area contributed by atoms with Crippen LogP contribution >= 0.6 is 0 Å². The summed E-state index contributed by atoms with van der Waals surface area (Å²) in [5.41, 5.74) is 2.55. The molecule has 3 nitrogen and oxygen atoms in total. The van der Waals surface area contributed by atoms with Gasteiger partial charge in [-0.3, -0.25) is 0 Å². The number of hydrogen-bond donors (Lipinski definition) is 1. The summed E-state index contributed by atoms with van der Waals surface area (Å²) in [5, 5.41) is 3.65. The van der Waals surface area contributed by atoms with Crippen LogP contribution in [0.15, 0.2) is 24.3 Å². The first-order chi connectivity index (χ1) is 9.17. The molecule has 1 saturated heterocycles. The normalized spacial score (nSPS) is 27.4. The topological polar surface area (TPSA) is 30.5 Å². The molecule has 1 aliphatic heterocycles. The van der Waals surface area contributed by atoms with Gasteiger partial charge in [0.2, 0.25) is 0 Å². The van der Waals surface area contributed by atoms with Gasteiger partial charge in [0.05, 0.1) is 18.8 Å². The van der Waals surface area contributed by atoms with E-state index in [9.17, 15) is 0 Å². The van der Waals surface area contributed by atoms with Crippen LogP contribution in [0.4, 0.5) is 0 Å². The minimum Gasteiger partial charge on any atom is -0.380 e. The highest BCUT2D eigenvalue weighted by Gasteiger charge is 2.23. The molecule has 1 fully saturated rings. The predicted octanol–water partition coefficient (Wildman–Crippen LogP) is 2.88. The number of benzene rings is 1. The van der Waals surface area contributed by atoms with Crippen LogP contribution in [0.25, 0.3) is 0 Å². The molecule has 1 aromatic carbocycles. The van der Waals surface area contributed by atoms with Gasteiger partial charge in [0.1, 0.15) is 0 Å². The number of hydrogen-bond acceptors (Lipinski definition) is 3. The van der Waals surface area contributed by atoms with Gasteiger partial charge in [0.25, 0.3) is 0 Å². The molecule has 2 rings (SSSR count). The van der Waals surface area contributed by atoms with E-state index in [0.29, 0.717) is 24.9 Å². The maximum atomic E-state index is 5.76. The summed E-state index contributed by atoms with van der Waals surface area (Å²) in [4.78, 5) is 0. The van der Waals surface area contributed by atoms with E-state index in [1.165, 1.54) is 11.1 Å². The van der Waals surface area contributed by atoms with Crippen molar-refractivity contribution in [1.82, 2.24) is 5.32 Å². The molecular formula is C16H25NO2. The number of rotatable bonds is 5. The molecule has 3 heteroatoms. The van der Waals surface area contributed by atoms with Crippen molar-refractivity contribution < 1.29 is 9.47 Å². The largest absolute Gasteiger partial charge is 0.380 e. The third-order valence-electron chi connectivity index (χ3n) is 3.59. The van der Waals surface area contributed by atoms with Gasteiger partial charge in [-0.15, -0.1) is 0 Å². The van der Waals surface area contributed by atoms with Crippen molar-refractivity contribution in [3.63, 3.8) is 0 Å². The van der Waals surface area contributed by atoms with Gasteiger partial charge >= 0.3 is 0 Å². The van der Waals surface area contributed by atoms with Gasteiger partial charge in [-0.25, -0.2) is 0 Å². The minimum atomic E-state index is 0.362. The van der Waals surface area contributed by atoms with E-state index >= 15 is 0 Å². The molecule has 0 amide bonds. The fourth-order valence-corrected chi connectivity index (χ4v) is 2.83. The zero-order valence-electron chi connectivity index (χ0n) is 12.2. The third kappa shape index (κ3) is 4.60. The molecule has 0 spiro atoms. The fraction of sp³-hybridized carbons (Fsp3) is 0.625. The lowest BCUT2D eigenvalue weighted by Gasteiger charge is -2.32. The van der Waals surface area contributed by atoms with Crippen LogP contribution in [0, 0.1) is 0 Å². The highest BCUT2D eigenvalue weighted by molar-refractivity contribution is 5.22. The Kier molecular flexibility index (Phi) is 5.37. The highest BCUT2D eigenvalue weighted by atomic mass is 16.5. The average molecular weight is 263 g/mol. The molecule has 1 heterocycles. The smallest absolute Gasteiger partial charge is 0.0713 e. The Morgan fingerprint density at radius 3 is 2.58 bits per heavy atom. The second-order valence-electron chi connectivity index (χ2n) is 5.56. The van der Waals surface area contributed by atoms with Crippen molar-refractivity contribution in [3.05, 3.63) is 35.4 Å². The first-order valence-electron chi connectivity index (χ1n) is 7.13. The standard InChI is InChI=1S/C16H25NO2/c1-12-7-16(8-13(2)19-12)17-10-14-5-4-6-15(9-14)11-18-3/h4-6,9,12-13,16-17H,7-8,10-11H2,1-3H3. The summed E-state index contributed by atoms with van der Waals surface area (Å²) in [6.45, 7) is 5.91. The van der Waals surface area contributed by atoms with Crippen LogP contribution in [0.1, 0.15) is 37.8 Å². The van der Waals surface area contributed by atoms with Crippen molar-refractivity contribution in [2.45, 2.75) is 58.1 Å². The quantitative estimate of drug-likeness (QED) is 0.886. The first-order valence-corrected chi connectivity index (χ1v) is 7.13. The Balaban J connectivity index is 1.86. The number of nitrogens with one attached hydrogen (secondary N) is 1. The van der Waals surface area contributed by atoms with Crippen LogP contribution in [-0.2, 0) is 22.6 Å². The zero-order valence-corrected chi connectivity index (χ0v) is 12.2. The predicted molar refractivity (Wildman–Crippen MR) is 77.0 cm³/mol. The van der Waals surface area contributed by atoms with E-state index < -0.39 is 0 Å². The first kappa shape index (κ1) is 14.5. The molecule has 0 bridgehead atoms. The van der Waals surface area contributed by atoms with E-state index in [-0.39, 0.29) is 0 Å². The molecule has 106 valence electrons.